The Bertz CT molecular complexity index is 498. The Kier molecular flexibility index (Phi) is 75.5. The van der Waals surface area contributed by atoms with Crippen molar-refractivity contribution in [2.24, 2.45) is 23.7 Å². The van der Waals surface area contributed by atoms with Gasteiger partial charge in [-0.3, -0.25) is 5.10 Å². The van der Waals surface area contributed by atoms with Gasteiger partial charge in [0.25, 0.3) is 0 Å². The molecule has 4 aromatic rings. The number of hydrogen-bond acceptors (Lipinski definition) is 5. The number of nitrogens with zero attached hydrogens (tertiary/aromatic N) is 3. The van der Waals surface area contributed by atoms with E-state index < -0.39 is 0 Å². The maximum atomic E-state index is 4.33. The summed E-state index contributed by atoms with van der Waals surface area (Å²) in [4.78, 5) is 2.86. The van der Waals surface area contributed by atoms with Crippen LogP contribution < -0.4 is 0 Å². The van der Waals surface area contributed by atoms with Crippen LogP contribution in [0.4, 0.5) is 0 Å². The molecule has 2 N–H and O–H groups in total. The zero-order valence-electron chi connectivity index (χ0n) is 25.0. The summed E-state index contributed by atoms with van der Waals surface area (Å²) in [5.74, 6) is 3.33. The van der Waals surface area contributed by atoms with Crippen LogP contribution in [0.15, 0.2) is 83.7 Å². The fourth-order valence-corrected chi connectivity index (χ4v) is 1.20. The number of H-pyrrole nitrogens is 2. The molecule has 0 fully saturated rings. The van der Waals surface area contributed by atoms with E-state index in [1.807, 2.05) is 42.0 Å². The van der Waals surface area contributed by atoms with Crippen LogP contribution in [0.5, 0.6) is 0 Å². The third kappa shape index (κ3) is 139. The molecule has 0 aliphatic heterocycles. The number of nitrogens with one attached hydrogen (secondary N) is 2. The molecule has 0 aliphatic rings. The molecule has 4 heterocycles. The van der Waals surface area contributed by atoms with Crippen LogP contribution in [0.25, 0.3) is 0 Å². The Morgan fingerprint density at radius 2 is 1.00 bits per heavy atom. The third-order valence-corrected chi connectivity index (χ3v) is 2.12. The molecule has 0 bridgehead atoms. The molecular weight excluding hydrogens is 514 g/mol. The molecule has 0 aromatic carbocycles. The highest BCUT2D eigenvalue weighted by Gasteiger charge is 1.69. The molecule has 0 radical (unpaired) electrons. The van der Waals surface area contributed by atoms with Crippen molar-refractivity contribution in [3.05, 3.63) is 79.2 Å². The molecule has 4 aromatic heterocycles. The second-order valence-corrected chi connectivity index (χ2v) is 10.7. The normalized spacial score (nSPS) is 7.60. The van der Waals surface area contributed by atoms with Crippen LogP contribution in [-0.4, -0.2) is 24.7 Å². The monoisotopic (exact) mass is 586 g/mol. The minimum Gasteiger partial charge on any atom is -0.368 e. The second kappa shape index (κ2) is 52.7. The van der Waals surface area contributed by atoms with Gasteiger partial charge in [0.1, 0.15) is 6.26 Å². The summed E-state index contributed by atoms with van der Waals surface area (Å²) in [5, 5.41) is 11.5. The van der Waals surface area contributed by atoms with Gasteiger partial charge in [-0.2, -0.15) is 5.10 Å². The van der Waals surface area contributed by atoms with Crippen LogP contribution in [0.3, 0.4) is 0 Å². The van der Waals surface area contributed by atoms with Crippen molar-refractivity contribution < 1.29 is 4.52 Å². The number of hydrogen-bond donors (Lipinski definition) is 2. The molecule has 240 valence electrons. The first-order valence-electron chi connectivity index (χ1n) is 12.6. The van der Waals surface area contributed by atoms with E-state index in [1.54, 1.807) is 30.9 Å². The Labute approximate surface area is 256 Å². The van der Waals surface area contributed by atoms with Crippen molar-refractivity contribution in [1.82, 2.24) is 24.7 Å². The summed E-state index contributed by atoms with van der Waals surface area (Å²) < 4.78 is 8.10. The lowest BCUT2D eigenvalue weighted by Crippen LogP contribution is -1.66. The van der Waals surface area contributed by atoms with Gasteiger partial charge in [0, 0.05) is 36.4 Å². The van der Waals surface area contributed by atoms with Gasteiger partial charge in [0.2, 0.25) is 0 Å². The van der Waals surface area contributed by atoms with Gasteiger partial charge in [-0.05, 0) is 65.5 Å². The van der Waals surface area contributed by atoms with Crippen molar-refractivity contribution in [2.75, 3.05) is 0 Å². The first-order valence-corrected chi connectivity index (χ1v) is 13.5. The molecule has 0 amide bonds. The second-order valence-electron chi connectivity index (χ2n) is 9.96. The van der Waals surface area contributed by atoms with E-state index in [0.717, 1.165) is 23.7 Å². The van der Waals surface area contributed by atoms with Gasteiger partial charge >= 0.3 is 0 Å². The smallest absolute Gasteiger partial charge is 0.123 e. The average molecular weight is 586 g/mol. The Hall–Kier alpha value is -2.67. The fraction of sp³-hybridized carbons (Fsp3) is 0.606. The topological polar surface area (TPSA) is 83.4 Å². The molecule has 4 rings (SSSR count). The van der Waals surface area contributed by atoms with Crippen LogP contribution in [0, 0.1) is 23.7 Å². The first kappa shape index (κ1) is 57.3. The summed E-state index contributed by atoms with van der Waals surface area (Å²) in [7, 11) is 0. The highest BCUT2D eigenvalue weighted by molar-refractivity contribution is 7.03. The largest absolute Gasteiger partial charge is 0.368 e. The molecule has 0 saturated carbocycles. The van der Waals surface area contributed by atoms with Crippen molar-refractivity contribution in [3.8, 4) is 0 Å². The van der Waals surface area contributed by atoms with Gasteiger partial charge in [0.05, 0.1) is 6.20 Å². The third-order valence-electron chi connectivity index (χ3n) is 1.60. The SMILES string of the molecule is C.C.C.C.CC(C)C.CC(C)C.CC(C)C.CC(C)C.c1cc[nH]c1.c1cn[nH]c1.c1cnoc1.c1cnsc1. The predicted molar refractivity (Wildman–Crippen MR) is 187 cm³/mol. The summed E-state index contributed by atoms with van der Waals surface area (Å²) in [6.07, 6.45) is 12.1. The molecule has 0 unspecified atom stereocenters. The van der Waals surface area contributed by atoms with E-state index in [9.17, 15) is 0 Å². The summed E-state index contributed by atoms with van der Waals surface area (Å²) in [6, 6.07) is 9.35. The minimum atomic E-state index is 0. The fourth-order valence-electron chi connectivity index (χ4n) is 0.844. The van der Waals surface area contributed by atoms with Crippen molar-refractivity contribution in [2.45, 2.75) is 113 Å². The molecule has 6 nitrogen and oxygen atoms in total. The van der Waals surface area contributed by atoms with Crippen LogP contribution in [0.1, 0.15) is 113 Å². The van der Waals surface area contributed by atoms with Gasteiger partial charge < -0.3 is 9.51 Å². The molecule has 7 heteroatoms. The maximum absolute atomic E-state index is 4.33. The molecule has 0 atom stereocenters. The molecule has 0 spiro atoms. The van der Waals surface area contributed by atoms with Crippen LogP contribution in [-0.2, 0) is 0 Å². The zero-order chi connectivity index (χ0) is 28.5. The van der Waals surface area contributed by atoms with Crippen molar-refractivity contribution in [3.63, 3.8) is 0 Å². The standard InChI is InChI=1S/C4H5N.4C4H10.C3H4N2.C3H3NO.C3H3NS.4CH4/c1-2-4-5-3-1;4*1-4(2)3;3*1-2-4-5-3-1;;;;/h1-5H;4*4H,1-3H3;1-3H,(H,4,5);2*1-3H;4*1H4. The number of aromatic amines is 2. The highest BCUT2D eigenvalue weighted by atomic mass is 32.1. The van der Waals surface area contributed by atoms with Gasteiger partial charge in [-0.1, -0.05) is 118 Å². The minimum absolute atomic E-state index is 0. The Morgan fingerprint density at radius 1 is 0.550 bits per heavy atom. The predicted octanol–water partition coefficient (Wildman–Crippen LogP) is 12.4. The van der Waals surface area contributed by atoms with E-state index >= 15 is 0 Å². The van der Waals surface area contributed by atoms with Gasteiger partial charge in [-0.15, -0.1) is 0 Å². The van der Waals surface area contributed by atoms with E-state index in [2.05, 4.69) is 112 Å². The van der Waals surface area contributed by atoms with E-state index in [1.165, 1.54) is 17.8 Å². The maximum Gasteiger partial charge on any atom is 0.123 e. The number of aromatic nitrogens is 5. The molecule has 40 heavy (non-hydrogen) atoms. The van der Waals surface area contributed by atoms with E-state index in [-0.39, 0.29) is 29.7 Å². The van der Waals surface area contributed by atoms with Gasteiger partial charge in [-0.25, -0.2) is 4.37 Å². The summed E-state index contributed by atoms with van der Waals surface area (Å²) in [5.41, 5.74) is 0. The lowest BCUT2D eigenvalue weighted by Gasteiger charge is -1.79. The molecule has 0 aliphatic carbocycles. The van der Waals surface area contributed by atoms with Gasteiger partial charge in [0.15, 0.2) is 0 Å². The highest BCUT2D eigenvalue weighted by Crippen LogP contribution is 1.84. The average Bonchev–Trinajstić information content (AvgIpc) is 3.60. The van der Waals surface area contributed by atoms with Crippen LogP contribution in [0.2, 0.25) is 0 Å². The van der Waals surface area contributed by atoms with Crippen molar-refractivity contribution in [1.29, 1.82) is 0 Å². The Morgan fingerprint density at radius 3 is 1.10 bits per heavy atom. The lowest BCUT2D eigenvalue weighted by molar-refractivity contribution is 0.420. The zero-order valence-corrected chi connectivity index (χ0v) is 25.8. The first-order chi connectivity index (χ1) is 16.9. The van der Waals surface area contributed by atoms with E-state index in [4.69, 9.17) is 0 Å². The Balaban J connectivity index is -0.0000000483. The lowest BCUT2D eigenvalue weighted by atomic mass is 10.3. The van der Waals surface area contributed by atoms with Crippen LogP contribution >= 0.6 is 11.5 Å². The summed E-state index contributed by atoms with van der Waals surface area (Å²) >= 11 is 1.46. The summed E-state index contributed by atoms with van der Waals surface area (Å²) in [6.45, 7) is 26.0. The van der Waals surface area contributed by atoms with E-state index in [0.29, 0.717) is 0 Å². The molecule has 0 saturated heterocycles. The number of rotatable bonds is 0. The van der Waals surface area contributed by atoms with Crippen molar-refractivity contribution >= 4 is 11.5 Å². The quantitative estimate of drug-likeness (QED) is 0.215. The molecular formula is C33H71N5OS.